The Balaban J connectivity index is 1.89. The van der Waals surface area contributed by atoms with Gasteiger partial charge >= 0.3 is 6.36 Å². The van der Waals surface area contributed by atoms with Gasteiger partial charge in [0.15, 0.2) is 11.4 Å². The summed E-state index contributed by atoms with van der Waals surface area (Å²) in [5.41, 5.74) is 7.52. The van der Waals surface area contributed by atoms with Gasteiger partial charge in [0.25, 0.3) is 0 Å². The summed E-state index contributed by atoms with van der Waals surface area (Å²) in [6.07, 6.45) is -1.43. The first-order chi connectivity index (χ1) is 12.8. The average Bonchev–Trinajstić information content (AvgIpc) is 3.18. The first-order valence-electron chi connectivity index (χ1n) is 8.12. The second-order valence-electron chi connectivity index (χ2n) is 6.24. The van der Waals surface area contributed by atoms with Crippen LogP contribution in [0.5, 0.6) is 5.75 Å². The Labute approximate surface area is 153 Å². The van der Waals surface area contributed by atoms with Crippen LogP contribution in [0.15, 0.2) is 65.9 Å². The molecule has 1 aromatic heterocycles. The second kappa shape index (κ2) is 5.90. The topological polar surface area (TPSA) is 65.4 Å². The predicted octanol–water partition coefficient (Wildman–Crippen LogP) is 1.51. The summed E-state index contributed by atoms with van der Waals surface area (Å²) < 4.78 is 43.0. The Hall–Kier alpha value is -3.23. The van der Waals surface area contributed by atoms with Gasteiger partial charge < -0.3 is 10.5 Å². The molecule has 0 saturated carbocycles. The standard InChI is InChI=1S/C18H14BF3N4O/c19-13-3-1-2-12(10-13)17(15-24-8-9-26(15)16(23)25-17)11-4-6-14(7-5-11)27-18(20,21)22/h1-10H,19H2,(H2,23,25). The number of aliphatic imine (C=N–C) groups is 1. The fourth-order valence-corrected chi connectivity index (χ4v) is 3.35. The van der Waals surface area contributed by atoms with Crippen LogP contribution in [0.4, 0.5) is 13.2 Å². The summed E-state index contributed by atoms with van der Waals surface area (Å²) >= 11 is 0. The average molecular weight is 370 g/mol. The van der Waals surface area contributed by atoms with Crippen LogP contribution in [-0.4, -0.2) is 29.7 Å². The molecule has 0 spiro atoms. The normalized spacial score (nSPS) is 18.9. The number of hydrogen-bond acceptors (Lipinski definition) is 4. The predicted molar refractivity (Wildman–Crippen MR) is 96.9 cm³/mol. The molecule has 9 heteroatoms. The molecule has 0 bridgehead atoms. The van der Waals surface area contributed by atoms with Crippen LogP contribution in [-0.2, 0) is 5.54 Å². The molecule has 136 valence electrons. The van der Waals surface area contributed by atoms with Gasteiger partial charge in [0, 0.05) is 12.4 Å². The van der Waals surface area contributed by atoms with Crippen LogP contribution in [0.3, 0.4) is 0 Å². The minimum absolute atomic E-state index is 0.264. The molecule has 3 aromatic rings. The van der Waals surface area contributed by atoms with Crippen molar-refractivity contribution in [2.75, 3.05) is 0 Å². The molecule has 2 heterocycles. The number of benzene rings is 2. The van der Waals surface area contributed by atoms with Crippen LogP contribution < -0.4 is 15.9 Å². The Morgan fingerprint density at radius 1 is 1.07 bits per heavy atom. The van der Waals surface area contributed by atoms with Gasteiger partial charge in [0.05, 0.1) is 0 Å². The molecule has 27 heavy (non-hydrogen) atoms. The summed E-state index contributed by atoms with van der Waals surface area (Å²) in [4.78, 5) is 9.09. The van der Waals surface area contributed by atoms with E-state index in [1.54, 1.807) is 29.1 Å². The molecule has 0 fully saturated rings. The lowest BCUT2D eigenvalue weighted by molar-refractivity contribution is -0.274. The molecule has 2 N–H and O–H groups in total. The van der Waals surface area contributed by atoms with Crippen molar-refractivity contribution in [1.82, 2.24) is 9.55 Å². The summed E-state index contributed by atoms with van der Waals surface area (Å²) in [6.45, 7) is 0. The molecule has 4 rings (SSSR count). The third-order valence-electron chi connectivity index (χ3n) is 4.43. The van der Waals surface area contributed by atoms with Gasteiger partial charge in [-0.15, -0.1) is 13.2 Å². The van der Waals surface area contributed by atoms with Gasteiger partial charge in [0.2, 0.25) is 5.96 Å². The maximum absolute atomic E-state index is 12.5. The van der Waals surface area contributed by atoms with Crippen molar-refractivity contribution >= 4 is 19.3 Å². The van der Waals surface area contributed by atoms with Crippen LogP contribution in [0.2, 0.25) is 0 Å². The first-order valence-corrected chi connectivity index (χ1v) is 8.12. The number of nitrogens with two attached hydrogens (primary N) is 1. The number of nitrogens with zero attached hydrogens (tertiary/aromatic N) is 3. The van der Waals surface area contributed by atoms with Crippen molar-refractivity contribution in [3.63, 3.8) is 0 Å². The van der Waals surface area contributed by atoms with Gasteiger partial charge in [-0.05, 0) is 23.3 Å². The molecule has 0 amide bonds. The van der Waals surface area contributed by atoms with Gasteiger partial charge in [-0.3, -0.25) is 4.57 Å². The molecule has 0 radical (unpaired) electrons. The third-order valence-corrected chi connectivity index (χ3v) is 4.43. The van der Waals surface area contributed by atoms with E-state index in [0.29, 0.717) is 11.4 Å². The molecule has 0 saturated heterocycles. The third kappa shape index (κ3) is 2.85. The highest BCUT2D eigenvalue weighted by atomic mass is 19.4. The van der Waals surface area contributed by atoms with Gasteiger partial charge in [0.1, 0.15) is 13.6 Å². The first kappa shape index (κ1) is 17.2. The zero-order valence-electron chi connectivity index (χ0n) is 14.2. The van der Waals surface area contributed by atoms with Crippen LogP contribution >= 0.6 is 0 Å². The summed E-state index contributed by atoms with van der Waals surface area (Å²) in [7, 11) is 1.95. The fourth-order valence-electron chi connectivity index (χ4n) is 3.35. The molecular formula is C18H14BF3N4O. The van der Waals surface area contributed by atoms with E-state index in [9.17, 15) is 13.2 Å². The molecular weight excluding hydrogens is 356 g/mol. The van der Waals surface area contributed by atoms with E-state index >= 15 is 0 Å². The SMILES string of the molecule is Bc1cccc(C2(c3ccc(OC(F)(F)F)cc3)N=C(N)n3ccnc32)c1. The lowest BCUT2D eigenvalue weighted by atomic mass is 9.80. The number of hydrogen-bond donors (Lipinski definition) is 1. The van der Waals surface area contributed by atoms with E-state index in [2.05, 4.69) is 14.7 Å². The molecule has 1 aliphatic heterocycles. The van der Waals surface area contributed by atoms with Crippen molar-refractivity contribution in [2.45, 2.75) is 11.9 Å². The summed E-state index contributed by atoms with van der Waals surface area (Å²) in [6, 6.07) is 13.3. The number of aromatic nitrogens is 2. The number of alkyl halides is 3. The highest BCUT2D eigenvalue weighted by molar-refractivity contribution is 6.32. The van der Waals surface area contributed by atoms with E-state index in [4.69, 9.17) is 5.73 Å². The quantitative estimate of drug-likeness (QED) is 0.711. The van der Waals surface area contributed by atoms with Crippen molar-refractivity contribution < 1.29 is 17.9 Å². The highest BCUT2D eigenvalue weighted by Crippen LogP contribution is 2.43. The van der Waals surface area contributed by atoms with E-state index in [0.717, 1.165) is 11.0 Å². The summed E-state index contributed by atoms with van der Waals surface area (Å²) in [5.74, 6) is 0.540. The Kier molecular flexibility index (Phi) is 3.76. The number of rotatable bonds is 3. The zero-order valence-corrected chi connectivity index (χ0v) is 14.2. The molecule has 1 unspecified atom stereocenters. The van der Waals surface area contributed by atoms with Gasteiger partial charge in [-0.25, -0.2) is 9.98 Å². The Morgan fingerprint density at radius 3 is 2.48 bits per heavy atom. The molecule has 2 aromatic carbocycles. The number of imidazole rings is 1. The minimum Gasteiger partial charge on any atom is -0.406 e. The van der Waals surface area contributed by atoms with E-state index in [1.165, 1.54) is 12.1 Å². The van der Waals surface area contributed by atoms with Crippen LogP contribution in [0.1, 0.15) is 17.0 Å². The van der Waals surface area contributed by atoms with E-state index in [-0.39, 0.29) is 11.7 Å². The smallest absolute Gasteiger partial charge is 0.406 e. The maximum Gasteiger partial charge on any atom is 0.573 e. The largest absolute Gasteiger partial charge is 0.573 e. The lowest BCUT2D eigenvalue weighted by Gasteiger charge is -2.27. The van der Waals surface area contributed by atoms with Crippen molar-refractivity contribution in [1.29, 1.82) is 0 Å². The van der Waals surface area contributed by atoms with Crippen LogP contribution in [0, 0.1) is 0 Å². The molecule has 1 aliphatic rings. The molecule has 1 atom stereocenters. The number of fused-ring (bicyclic) bond motifs is 1. The van der Waals surface area contributed by atoms with E-state index < -0.39 is 11.9 Å². The summed E-state index contributed by atoms with van der Waals surface area (Å²) in [5, 5.41) is 0. The van der Waals surface area contributed by atoms with Crippen LogP contribution in [0.25, 0.3) is 0 Å². The Bertz CT molecular complexity index is 1030. The second-order valence-corrected chi connectivity index (χ2v) is 6.24. The van der Waals surface area contributed by atoms with Gasteiger partial charge in [-0.2, -0.15) is 0 Å². The van der Waals surface area contributed by atoms with Gasteiger partial charge in [-0.1, -0.05) is 41.9 Å². The van der Waals surface area contributed by atoms with Crippen molar-refractivity contribution in [2.24, 2.45) is 10.7 Å². The van der Waals surface area contributed by atoms with Crippen molar-refractivity contribution in [3.8, 4) is 5.75 Å². The fraction of sp³-hybridized carbons (Fsp3) is 0.111. The monoisotopic (exact) mass is 370 g/mol. The number of halogens is 3. The zero-order chi connectivity index (χ0) is 19.2. The highest BCUT2D eigenvalue weighted by Gasteiger charge is 2.45. The molecule has 0 aliphatic carbocycles. The van der Waals surface area contributed by atoms with E-state index in [1.807, 2.05) is 32.1 Å². The lowest BCUT2D eigenvalue weighted by Crippen LogP contribution is -2.28. The minimum atomic E-state index is -4.75. The maximum atomic E-state index is 12.5. The molecule has 5 nitrogen and oxygen atoms in total. The van der Waals surface area contributed by atoms with Crippen molar-refractivity contribution in [3.05, 3.63) is 77.9 Å². The Morgan fingerprint density at radius 2 is 1.81 bits per heavy atom. The number of ether oxygens (including phenoxy) is 1.